The quantitative estimate of drug-likeness (QED) is 0.240. The molecule has 4 atom stereocenters. The van der Waals surface area contributed by atoms with Crippen molar-refractivity contribution in [1.29, 1.82) is 5.26 Å². The molecule has 0 bridgehead atoms. The van der Waals surface area contributed by atoms with E-state index in [0.29, 0.717) is 38.5 Å². The van der Waals surface area contributed by atoms with Gasteiger partial charge in [0.15, 0.2) is 0 Å². The Morgan fingerprint density at radius 1 is 0.610 bits per heavy atom. The lowest BCUT2D eigenvalue weighted by Gasteiger charge is -2.15. The van der Waals surface area contributed by atoms with E-state index in [9.17, 15) is 5.26 Å². The number of nitriles is 1. The molecule has 2 nitrogen and oxygen atoms in total. The van der Waals surface area contributed by atoms with Gasteiger partial charge in [0.25, 0.3) is 0 Å². The summed E-state index contributed by atoms with van der Waals surface area (Å²) in [5.74, 6) is 0.815. The highest BCUT2D eigenvalue weighted by Gasteiger charge is 2.33. The van der Waals surface area contributed by atoms with Crippen molar-refractivity contribution in [3.8, 4) is 6.07 Å². The number of nitrogens with two attached hydrogens (primary N) is 1. The number of hydrogen-bond donors (Lipinski definition) is 1. The Hall–Kier alpha value is -2.22. The Bertz CT molecular complexity index is 1510. The van der Waals surface area contributed by atoms with Gasteiger partial charge in [0.05, 0.1) is 32.1 Å². The van der Waals surface area contributed by atoms with Gasteiger partial charge in [-0.2, -0.15) is 5.26 Å². The van der Waals surface area contributed by atoms with Crippen LogP contribution in [0.4, 0.5) is 0 Å². The number of benzene rings is 4. The fraction of sp³-hybridized carbons (Fsp3) is 0.265. The van der Waals surface area contributed by atoms with Gasteiger partial charge in [-0.05, 0) is 70.8 Å². The number of halogens is 5. The van der Waals surface area contributed by atoms with Crippen molar-refractivity contribution < 1.29 is 0 Å². The van der Waals surface area contributed by atoms with E-state index in [2.05, 4.69) is 42.5 Å². The molecule has 0 aromatic heterocycles. The summed E-state index contributed by atoms with van der Waals surface area (Å²) in [5, 5.41) is 11.7. The normalized spacial score (nSPS) is 19.6. The molecule has 0 fully saturated rings. The second-order valence-corrected chi connectivity index (χ2v) is 11.3. The molecule has 41 heavy (non-hydrogen) atoms. The second kappa shape index (κ2) is 15.3. The fourth-order valence-corrected chi connectivity index (χ4v) is 6.77. The number of rotatable bonds is 3. The highest BCUT2D eigenvalue weighted by Crippen LogP contribution is 2.48. The minimum Gasteiger partial charge on any atom is -0.330 e. The van der Waals surface area contributed by atoms with Gasteiger partial charge in [0.1, 0.15) is 0 Å². The lowest BCUT2D eigenvalue weighted by molar-refractivity contribution is 0.645. The minimum atomic E-state index is -0.0590. The van der Waals surface area contributed by atoms with Crippen LogP contribution in [0, 0.1) is 11.3 Å². The van der Waals surface area contributed by atoms with Crippen molar-refractivity contribution >= 4 is 58.8 Å². The second-order valence-electron chi connectivity index (χ2n) is 9.73. The van der Waals surface area contributed by atoms with Crippen molar-refractivity contribution in [3.63, 3.8) is 0 Å². The highest BCUT2D eigenvalue weighted by atomic mass is 35.5. The summed E-state index contributed by atoms with van der Waals surface area (Å²) in [5.41, 5.74) is 13.0. The first-order chi connectivity index (χ1) is 18.4. The third-order valence-corrected chi connectivity index (χ3v) is 9.37. The van der Waals surface area contributed by atoms with Gasteiger partial charge >= 0.3 is 0 Å². The Labute approximate surface area is 270 Å². The largest absolute Gasteiger partial charge is 0.330 e. The van der Waals surface area contributed by atoms with E-state index in [0.717, 1.165) is 29.5 Å². The zero-order chi connectivity index (χ0) is 26.8. The van der Waals surface area contributed by atoms with E-state index in [4.69, 9.17) is 52.1 Å². The van der Waals surface area contributed by atoms with Crippen LogP contribution in [0.2, 0.25) is 20.1 Å². The Balaban J connectivity index is 0.000000267. The zero-order valence-corrected chi connectivity index (χ0v) is 24.8. The van der Waals surface area contributed by atoms with Crippen LogP contribution in [0.15, 0.2) is 84.9 Å². The molecule has 2 aliphatic carbocycles. The Kier molecular flexibility index (Phi) is 13.1. The SMILES string of the molecule is C.C.Cl.N#CC1CC(c2cccc(Cl)c2Cl)c2ccccc21.NCC1CC(c2cccc(Cl)c2Cl)c2ccccc21. The van der Waals surface area contributed by atoms with Crippen LogP contribution in [0.25, 0.3) is 0 Å². The van der Waals surface area contributed by atoms with Gasteiger partial charge in [-0.1, -0.05) is 134 Å². The van der Waals surface area contributed by atoms with Crippen LogP contribution in [-0.2, 0) is 0 Å². The van der Waals surface area contributed by atoms with E-state index >= 15 is 0 Å². The Morgan fingerprint density at radius 3 is 1.51 bits per heavy atom. The molecular formula is C34H35Cl5N2. The summed E-state index contributed by atoms with van der Waals surface area (Å²) in [6.45, 7) is 0.672. The monoisotopic (exact) mass is 646 g/mol. The maximum absolute atomic E-state index is 9.29. The minimum absolute atomic E-state index is 0. The first kappa shape index (κ1) is 35.0. The standard InChI is InChI=1S/C16H15Cl2N.C16H11Cl2N.2CH4.ClH/c2*17-15-7-3-6-13(16(15)18)14-8-10(9-19)11-4-1-2-5-12(11)14;;;/h1-7,10,14H,8-9,19H2;1-7,10,14H,8H2;2*1H4;1H. The molecule has 0 aliphatic heterocycles. The van der Waals surface area contributed by atoms with E-state index in [1.807, 2.05) is 42.5 Å². The molecule has 2 aliphatic rings. The van der Waals surface area contributed by atoms with Gasteiger partial charge in [-0.3, -0.25) is 0 Å². The lowest BCUT2D eigenvalue weighted by Crippen LogP contribution is -2.09. The van der Waals surface area contributed by atoms with E-state index < -0.39 is 0 Å². The average molecular weight is 649 g/mol. The van der Waals surface area contributed by atoms with Crippen molar-refractivity contribution in [2.75, 3.05) is 6.54 Å². The van der Waals surface area contributed by atoms with E-state index in [1.54, 1.807) is 6.07 Å². The predicted octanol–water partition coefficient (Wildman–Crippen LogP) is 11.4. The van der Waals surface area contributed by atoms with Crippen LogP contribution in [0.3, 0.4) is 0 Å². The van der Waals surface area contributed by atoms with Crippen LogP contribution in [0.1, 0.15) is 84.7 Å². The first-order valence-electron chi connectivity index (χ1n) is 12.6. The molecule has 0 radical (unpaired) electrons. The maximum Gasteiger partial charge on any atom is 0.0724 e. The van der Waals surface area contributed by atoms with Crippen molar-refractivity contribution in [3.05, 3.63) is 138 Å². The Morgan fingerprint density at radius 2 is 1.02 bits per heavy atom. The zero-order valence-electron chi connectivity index (χ0n) is 21.0. The van der Waals surface area contributed by atoms with Crippen molar-refractivity contribution in [2.24, 2.45) is 5.73 Å². The first-order valence-corrected chi connectivity index (χ1v) is 14.1. The van der Waals surface area contributed by atoms with E-state index in [1.165, 1.54) is 16.7 Å². The number of nitrogens with zero attached hydrogens (tertiary/aromatic N) is 1. The predicted molar refractivity (Wildman–Crippen MR) is 180 cm³/mol. The average Bonchev–Trinajstić information content (AvgIpc) is 3.51. The molecule has 2 N–H and O–H groups in total. The molecule has 0 heterocycles. The van der Waals surface area contributed by atoms with E-state index in [-0.39, 0.29) is 39.1 Å². The molecule has 4 aromatic rings. The smallest absolute Gasteiger partial charge is 0.0724 e. The molecule has 7 heteroatoms. The summed E-state index contributed by atoms with van der Waals surface area (Å²) < 4.78 is 0. The van der Waals surface area contributed by atoms with Crippen LogP contribution in [-0.4, -0.2) is 6.54 Å². The van der Waals surface area contributed by atoms with Gasteiger partial charge in [0.2, 0.25) is 0 Å². The van der Waals surface area contributed by atoms with Crippen LogP contribution >= 0.6 is 58.8 Å². The van der Waals surface area contributed by atoms with Crippen molar-refractivity contribution in [1.82, 2.24) is 0 Å². The highest BCUT2D eigenvalue weighted by molar-refractivity contribution is 6.43. The molecular weight excluding hydrogens is 614 g/mol. The topological polar surface area (TPSA) is 49.8 Å². The van der Waals surface area contributed by atoms with Gasteiger partial charge < -0.3 is 5.73 Å². The maximum atomic E-state index is 9.29. The molecule has 4 aromatic carbocycles. The third-order valence-electron chi connectivity index (χ3n) is 7.70. The molecule has 0 amide bonds. The summed E-state index contributed by atoms with van der Waals surface area (Å²) in [4.78, 5) is 0. The lowest BCUT2D eigenvalue weighted by atomic mass is 9.92. The molecule has 6 rings (SSSR count). The van der Waals surface area contributed by atoms with Gasteiger partial charge in [-0.25, -0.2) is 0 Å². The number of fused-ring (bicyclic) bond motifs is 2. The van der Waals surface area contributed by atoms with Crippen LogP contribution in [0.5, 0.6) is 0 Å². The van der Waals surface area contributed by atoms with Crippen LogP contribution < -0.4 is 5.73 Å². The molecule has 216 valence electrons. The van der Waals surface area contributed by atoms with Crippen molar-refractivity contribution in [2.45, 2.75) is 51.4 Å². The third kappa shape index (κ3) is 6.89. The van der Waals surface area contributed by atoms with Gasteiger partial charge in [-0.15, -0.1) is 12.4 Å². The summed E-state index contributed by atoms with van der Waals surface area (Å²) in [7, 11) is 0. The van der Waals surface area contributed by atoms with Gasteiger partial charge in [0, 0.05) is 11.8 Å². The summed E-state index contributed by atoms with van der Waals surface area (Å²) in [6.07, 6.45) is 1.78. The summed E-state index contributed by atoms with van der Waals surface area (Å²) in [6, 6.07) is 30.5. The number of hydrogen-bond acceptors (Lipinski definition) is 2. The molecule has 0 spiro atoms. The molecule has 0 saturated heterocycles. The molecule has 0 saturated carbocycles. The molecule has 4 unspecified atom stereocenters. The fourth-order valence-electron chi connectivity index (χ4n) is 5.89. The summed E-state index contributed by atoms with van der Waals surface area (Å²) >= 11 is 24.9.